The minimum Gasteiger partial charge on any atom is -0.457 e. The van der Waals surface area contributed by atoms with Gasteiger partial charge in [-0.1, -0.05) is 30.9 Å². The molecular formula is C21H23N3O. The Labute approximate surface area is 148 Å². The Kier molecular flexibility index (Phi) is 6.18. The normalized spacial score (nSPS) is 12.2. The van der Waals surface area contributed by atoms with E-state index in [4.69, 9.17) is 15.9 Å². The third kappa shape index (κ3) is 4.61. The van der Waals surface area contributed by atoms with Crippen molar-refractivity contribution in [2.75, 3.05) is 7.05 Å². The maximum atomic E-state index is 8.53. The van der Waals surface area contributed by atoms with E-state index in [-0.39, 0.29) is 0 Å². The van der Waals surface area contributed by atoms with Crippen molar-refractivity contribution in [3.8, 4) is 11.5 Å². The van der Waals surface area contributed by atoms with Gasteiger partial charge in [-0.3, -0.25) is 5.41 Å². The lowest BCUT2D eigenvalue weighted by molar-refractivity contribution is 0.482. The van der Waals surface area contributed by atoms with Crippen molar-refractivity contribution in [1.82, 2.24) is 5.32 Å². The minimum atomic E-state index is 0.341. The van der Waals surface area contributed by atoms with Gasteiger partial charge in [-0.25, -0.2) is 0 Å². The number of nitrogens with one attached hydrogen (secondary N) is 2. The van der Waals surface area contributed by atoms with E-state index in [9.17, 15) is 0 Å². The van der Waals surface area contributed by atoms with Crippen molar-refractivity contribution in [3.63, 3.8) is 0 Å². The molecule has 0 aliphatic rings. The summed E-state index contributed by atoms with van der Waals surface area (Å²) in [5.74, 6) is 1.49. The molecule has 0 radical (unpaired) electrons. The van der Waals surface area contributed by atoms with E-state index in [0.717, 1.165) is 17.0 Å². The molecule has 0 spiro atoms. The molecule has 128 valence electrons. The monoisotopic (exact) mass is 333 g/mol. The zero-order chi connectivity index (χ0) is 18.2. The molecule has 0 saturated carbocycles. The number of hydrogen-bond acceptors (Lipinski definition) is 4. The summed E-state index contributed by atoms with van der Waals surface area (Å²) >= 11 is 0. The van der Waals surface area contributed by atoms with E-state index < -0.39 is 0 Å². The molecule has 0 aliphatic heterocycles. The molecule has 0 fully saturated rings. The highest BCUT2D eigenvalue weighted by Gasteiger charge is 2.14. The van der Waals surface area contributed by atoms with Crippen molar-refractivity contribution in [3.05, 3.63) is 95.9 Å². The van der Waals surface area contributed by atoms with E-state index in [1.165, 1.54) is 0 Å². The third-order valence-corrected chi connectivity index (χ3v) is 3.59. The smallest absolute Gasteiger partial charge is 0.127 e. The minimum absolute atomic E-state index is 0.341. The van der Waals surface area contributed by atoms with E-state index >= 15 is 0 Å². The quantitative estimate of drug-likeness (QED) is 0.520. The molecule has 4 nitrogen and oxygen atoms in total. The number of ether oxygens (including phenoxy) is 1. The molecule has 0 bridgehead atoms. The predicted octanol–water partition coefficient (Wildman–Crippen LogP) is 4.37. The van der Waals surface area contributed by atoms with Gasteiger partial charge in [0, 0.05) is 29.6 Å². The van der Waals surface area contributed by atoms with Crippen molar-refractivity contribution in [2.45, 2.75) is 6.92 Å². The van der Waals surface area contributed by atoms with Crippen molar-refractivity contribution in [1.29, 1.82) is 5.41 Å². The van der Waals surface area contributed by atoms with Crippen LogP contribution in [-0.2, 0) is 0 Å². The molecule has 0 unspecified atom stereocenters. The van der Waals surface area contributed by atoms with E-state index in [1.807, 2.05) is 54.6 Å². The Morgan fingerprint density at radius 2 is 1.68 bits per heavy atom. The van der Waals surface area contributed by atoms with Gasteiger partial charge in [0.05, 0.1) is 5.71 Å². The summed E-state index contributed by atoms with van der Waals surface area (Å²) in [7, 11) is 1.79. The highest BCUT2D eigenvalue weighted by Crippen LogP contribution is 2.23. The van der Waals surface area contributed by atoms with Crippen LogP contribution in [0.1, 0.15) is 12.5 Å². The van der Waals surface area contributed by atoms with Gasteiger partial charge in [0.25, 0.3) is 0 Å². The SMILES string of the molecule is C=C/C=C(NC)\C(C(=N)c1ccc(Oc2ccccc2)cc1)=C(/C)N. The van der Waals surface area contributed by atoms with E-state index in [1.54, 1.807) is 26.1 Å². The predicted molar refractivity (Wildman–Crippen MR) is 104 cm³/mol. The van der Waals surface area contributed by atoms with Crippen LogP contribution in [0.3, 0.4) is 0 Å². The Hall–Kier alpha value is -3.27. The number of allylic oxidation sites excluding steroid dienone is 4. The van der Waals surface area contributed by atoms with Gasteiger partial charge < -0.3 is 15.8 Å². The average molecular weight is 333 g/mol. The third-order valence-electron chi connectivity index (χ3n) is 3.59. The average Bonchev–Trinajstić information content (AvgIpc) is 2.62. The van der Waals surface area contributed by atoms with Crippen molar-refractivity contribution < 1.29 is 4.74 Å². The number of hydrogen-bond donors (Lipinski definition) is 3. The second-order valence-corrected chi connectivity index (χ2v) is 5.44. The molecule has 0 aromatic heterocycles. The lowest BCUT2D eigenvalue weighted by Crippen LogP contribution is -2.19. The summed E-state index contributed by atoms with van der Waals surface area (Å²) in [6.07, 6.45) is 3.46. The van der Waals surface area contributed by atoms with Crippen LogP contribution in [0, 0.1) is 5.41 Å². The number of likely N-dealkylation sites (N-methyl/N-ethyl adjacent to an activating group) is 1. The summed E-state index contributed by atoms with van der Waals surface area (Å²) in [5.41, 5.74) is 9.08. The van der Waals surface area contributed by atoms with Gasteiger partial charge >= 0.3 is 0 Å². The fraction of sp³-hybridized carbons (Fsp3) is 0.0952. The second-order valence-electron chi connectivity index (χ2n) is 5.44. The second kappa shape index (κ2) is 8.55. The molecule has 0 amide bonds. The lowest BCUT2D eigenvalue weighted by Gasteiger charge is -2.15. The molecular weight excluding hydrogens is 310 g/mol. The molecule has 4 heteroatoms. The highest BCUT2D eigenvalue weighted by molar-refractivity contribution is 6.13. The van der Waals surface area contributed by atoms with E-state index in [0.29, 0.717) is 22.7 Å². The first-order valence-electron chi connectivity index (χ1n) is 7.96. The topological polar surface area (TPSA) is 71.1 Å². The van der Waals surface area contributed by atoms with Crippen molar-refractivity contribution >= 4 is 5.71 Å². The van der Waals surface area contributed by atoms with Crippen LogP contribution >= 0.6 is 0 Å². The van der Waals surface area contributed by atoms with Gasteiger partial charge in [-0.15, -0.1) is 0 Å². The zero-order valence-electron chi connectivity index (χ0n) is 14.5. The molecule has 0 saturated heterocycles. The molecule has 25 heavy (non-hydrogen) atoms. The maximum Gasteiger partial charge on any atom is 0.127 e. The first kappa shape index (κ1) is 18.1. The molecule has 0 atom stereocenters. The summed E-state index contributed by atoms with van der Waals surface area (Å²) in [4.78, 5) is 0. The van der Waals surface area contributed by atoms with Crippen LogP contribution in [0.5, 0.6) is 11.5 Å². The molecule has 0 heterocycles. The fourth-order valence-electron chi connectivity index (χ4n) is 2.41. The number of nitrogens with two attached hydrogens (primary N) is 1. The molecule has 2 aromatic carbocycles. The first-order chi connectivity index (χ1) is 12.1. The van der Waals surface area contributed by atoms with E-state index in [2.05, 4.69) is 11.9 Å². The van der Waals surface area contributed by atoms with Crippen LogP contribution in [0.2, 0.25) is 0 Å². The van der Waals surface area contributed by atoms with Crippen LogP contribution in [0.15, 0.2) is 90.3 Å². The van der Waals surface area contributed by atoms with Gasteiger partial charge in [-0.2, -0.15) is 0 Å². The maximum absolute atomic E-state index is 8.53. The van der Waals surface area contributed by atoms with Crippen LogP contribution in [0.4, 0.5) is 0 Å². The Morgan fingerprint density at radius 3 is 2.20 bits per heavy atom. The van der Waals surface area contributed by atoms with Gasteiger partial charge in [-0.05, 0) is 49.4 Å². The molecule has 2 rings (SSSR count). The summed E-state index contributed by atoms with van der Waals surface area (Å²) in [6.45, 7) is 5.49. The molecule has 0 aliphatic carbocycles. The Morgan fingerprint density at radius 1 is 1.08 bits per heavy atom. The molecule has 4 N–H and O–H groups in total. The lowest BCUT2D eigenvalue weighted by atomic mass is 9.97. The van der Waals surface area contributed by atoms with Crippen LogP contribution in [-0.4, -0.2) is 12.8 Å². The van der Waals surface area contributed by atoms with Gasteiger partial charge in [0.2, 0.25) is 0 Å². The number of para-hydroxylation sites is 1. The summed E-state index contributed by atoms with van der Waals surface area (Å²) in [6, 6.07) is 17.0. The fourth-order valence-corrected chi connectivity index (χ4v) is 2.41. The first-order valence-corrected chi connectivity index (χ1v) is 7.96. The summed E-state index contributed by atoms with van der Waals surface area (Å²) in [5, 5.41) is 11.6. The number of benzene rings is 2. The zero-order valence-corrected chi connectivity index (χ0v) is 14.5. The largest absolute Gasteiger partial charge is 0.457 e. The summed E-state index contributed by atoms with van der Waals surface area (Å²) < 4.78 is 5.78. The van der Waals surface area contributed by atoms with Crippen LogP contribution in [0.25, 0.3) is 0 Å². The van der Waals surface area contributed by atoms with Gasteiger partial charge in [0.15, 0.2) is 0 Å². The molecule has 2 aromatic rings. The Balaban J connectivity index is 2.25. The van der Waals surface area contributed by atoms with Crippen molar-refractivity contribution in [2.24, 2.45) is 5.73 Å². The Bertz CT molecular complexity index is 799. The number of rotatable bonds is 7. The standard InChI is InChI=1S/C21H23N3O/c1-4-8-19(24-3)20(15(2)22)21(23)16-11-13-18(14-12-16)25-17-9-6-5-7-10-17/h4-14,23-24H,1,22H2,2-3H3/b19-8+,20-15-,23-21?. The van der Waals surface area contributed by atoms with Crippen LogP contribution < -0.4 is 15.8 Å². The van der Waals surface area contributed by atoms with Gasteiger partial charge in [0.1, 0.15) is 11.5 Å². The highest BCUT2D eigenvalue weighted by atomic mass is 16.5.